The third-order valence-electron chi connectivity index (χ3n) is 5.02. The highest BCUT2D eigenvalue weighted by Crippen LogP contribution is 2.50. The first-order valence-corrected chi connectivity index (χ1v) is 8.18. The average molecular weight is 379 g/mol. The third-order valence-corrected chi connectivity index (χ3v) is 5.35. The van der Waals surface area contributed by atoms with Crippen LogP contribution in [0.25, 0.3) is 0 Å². The summed E-state index contributed by atoms with van der Waals surface area (Å²) in [4.78, 5) is 12.7. The summed E-state index contributed by atoms with van der Waals surface area (Å²) in [5, 5.41) is 3.08. The van der Waals surface area contributed by atoms with Crippen molar-refractivity contribution in [2.45, 2.75) is 51.8 Å². The molecule has 3 atom stereocenters. The lowest BCUT2D eigenvalue weighted by Crippen LogP contribution is -2.75. The molecule has 1 aromatic rings. The number of benzene rings is 1. The first-order valence-electron chi connectivity index (χ1n) is 7.80. The smallest absolute Gasteiger partial charge is 0.241 e. The van der Waals surface area contributed by atoms with E-state index in [1.165, 1.54) is 12.1 Å². The van der Waals surface area contributed by atoms with E-state index < -0.39 is 22.8 Å². The number of ether oxygens (including phenoxy) is 1. The Kier molecular flexibility index (Phi) is 6.67. The normalized spacial score (nSPS) is 26.0. The van der Waals surface area contributed by atoms with Crippen LogP contribution in [-0.4, -0.2) is 24.2 Å². The van der Waals surface area contributed by atoms with Crippen LogP contribution >= 0.6 is 24.0 Å². The lowest BCUT2D eigenvalue weighted by atomic mass is 9.54. The number of hydrogen-bond acceptors (Lipinski definition) is 3. The van der Waals surface area contributed by atoms with Gasteiger partial charge >= 0.3 is 0 Å². The zero-order chi connectivity index (χ0) is 17.4. The first-order chi connectivity index (χ1) is 10.6. The Balaban J connectivity index is 0.00000288. The van der Waals surface area contributed by atoms with Gasteiger partial charge in [-0.05, 0) is 26.0 Å². The molecule has 0 saturated heterocycles. The number of rotatable bonds is 5. The molecule has 7 heteroatoms. The van der Waals surface area contributed by atoms with Gasteiger partial charge < -0.3 is 15.8 Å². The summed E-state index contributed by atoms with van der Waals surface area (Å²) in [6, 6.07) is 3.88. The topological polar surface area (TPSA) is 64.3 Å². The van der Waals surface area contributed by atoms with E-state index in [0.29, 0.717) is 13.0 Å². The van der Waals surface area contributed by atoms with Crippen molar-refractivity contribution in [3.05, 3.63) is 34.6 Å². The van der Waals surface area contributed by atoms with E-state index in [4.69, 9.17) is 22.1 Å². The predicted molar refractivity (Wildman–Crippen MR) is 95.9 cm³/mol. The Bertz CT molecular complexity index is 592. The van der Waals surface area contributed by atoms with Crippen LogP contribution in [0, 0.1) is 11.2 Å². The number of carbonyl (C=O) groups is 1. The van der Waals surface area contributed by atoms with Crippen LogP contribution < -0.4 is 11.1 Å². The summed E-state index contributed by atoms with van der Waals surface area (Å²) in [6.45, 7) is 8.01. The summed E-state index contributed by atoms with van der Waals surface area (Å²) in [7, 11) is 0. The van der Waals surface area contributed by atoms with Gasteiger partial charge in [-0.25, -0.2) is 4.39 Å². The molecule has 0 aliphatic heterocycles. The van der Waals surface area contributed by atoms with Crippen LogP contribution in [0.3, 0.4) is 0 Å². The van der Waals surface area contributed by atoms with Gasteiger partial charge in [-0.3, -0.25) is 4.79 Å². The van der Waals surface area contributed by atoms with Crippen molar-refractivity contribution in [1.82, 2.24) is 5.32 Å². The second-order valence-corrected chi connectivity index (χ2v) is 7.08. The second-order valence-electron chi connectivity index (χ2n) is 6.67. The molecule has 1 amide bonds. The van der Waals surface area contributed by atoms with E-state index in [2.05, 4.69) is 5.32 Å². The second kappa shape index (κ2) is 7.56. The van der Waals surface area contributed by atoms with Crippen molar-refractivity contribution >= 4 is 29.9 Å². The molecule has 1 aromatic carbocycles. The predicted octanol–water partition coefficient (Wildman–Crippen LogP) is 3.61. The summed E-state index contributed by atoms with van der Waals surface area (Å²) in [5.41, 5.74) is 5.06. The monoisotopic (exact) mass is 378 g/mol. The van der Waals surface area contributed by atoms with Crippen LogP contribution in [0.4, 0.5) is 4.39 Å². The van der Waals surface area contributed by atoms with E-state index in [0.717, 1.165) is 0 Å². The Morgan fingerprint density at radius 3 is 2.67 bits per heavy atom. The van der Waals surface area contributed by atoms with Crippen molar-refractivity contribution in [3.8, 4) is 0 Å². The molecule has 2 rings (SSSR count). The molecule has 0 radical (unpaired) electrons. The Morgan fingerprint density at radius 1 is 1.54 bits per heavy atom. The molecular formula is C17H25Cl2FN2O2. The Morgan fingerprint density at radius 2 is 2.17 bits per heavy atom. The largest absolute Gasteiger partial charge is 0.378 e. The number of nitrogens with one attached hydrogen (secondary N) is 1. The van der Waals surface area contributed by atoms with E-state index >= 15 is 0 Å². The average Bonchev–Trinajstić information content (AvgIpc) is 2.46. The zero-order valence-electron chi connectivity index (χ0n) is 14.4. The maximum Gasteiger partial charge on any atom is 0.241 e. The minimum absolute atomic E-state index is 0. The molecule has 0 aromatic heterocycles. The van der Waals surface area contributed by atoms with Crippen molar-refractivity contribution in [1.29, 1.82) is 0 Å². The highest BCUT2D eigenvalue weighted by molar-refractivity contribution is 6.31. The van der Waals surface area contributed by atoms with Gasteiger partial charge in [0, 0.05) is 29.0 Å². The summed E-state index contributed by atoms with van der Waals surface area (Å²) in [6.07, 6.45) is 0.382. The van der Waals surface area contributed by atoms with Crippen molar-refractivity contribution < 1.29 is 13.9 Å². The standard InChI is InChI=1S/C17H24ClFN2O2.ClH/c1-5-23-13-9-17(20,16(13,3)4)15(22)21-10(2)14-11(18)7-6-8-12(14)19;/h6-8,10,13H,5,9,20H2,1-4H3,(H,21,22);1H. The lowest BCUT2D eigenvalue weighted by Gasteiger charge is -2.57. The minimum Gasteiger partial charge on any atom is -0.378 e. The number of nitrogens with two attached hydrogens (primary N) is 1. The van der Waals surface area contributed by atoms with E-state index in [-0.39, 0.29) is 35.0 Å². The minimum atomic E-state index is -1.04. The molecule has 3 N–H and O–H groups in total. The maximum absolute atomic E-state index is 14.0. The van der Waals surface area contributed by atoms with Gasteiger partial charge in [-0.2, -0.15) is 0 Å². The number of halogens is 3. The number of hydrogen-bond donors (Lipinski definition) is 2. The van der Waals surface area contributed by atoms with Crippen molar-refractivity contribution in [2.24, 2.45) is 11.1 Å². The number of carbonyl (C=O) groups excluding carboxylic acids is 1. The highest BCUT2D eigenvalue weighted by atomic mass is 35.5. The summed E-state index contributed by atoms with van der Waals surface area (Å²) in [5.74, 6) is -0.762. The highest BCUT2D eigenvalue weighted by Gasteiger charge is 2.63. The van der Waals surface area contributed by atoms with Crippen LogP contribution in [0.2, 0.25) is 5.02 Å². The summed E-state index contributed by atoms with van der Waals surface area (Å²) >= 11 is 6.05. The van der Waals surface area contributed by atoms with Gasteiger partial charge in [0.1, 0.15) is 11.4 Å². The van der Waals surface area contributed by atoms with E-state index in [1.54, 1.807) is 13.0 Å². The van der Waals surface area contributed by atoms with Crippen LogP contribution in [-0.2, 0) is 9.53 Å². The van der Waals surface area contributed by atoms with Gasteiger partial charge in [0.25, 0.3) is 0 Å². The fourth-order valence-corrected chi connectivity index (χ4v) is 3.47. The first kappa shape index (κ1) is 21.2. The van der Waals surface area contributed by atoms with Crippen molar-refractivity contribution in [3.63, 3.8) is 0 Å². The SMILES string of the molecule is CCOC1CC(N)(C(=O)NC(C)c2c(F)cccc2Cl)C1(C)C.Cl. The molecule has 1 fully saturated rings. The quantitative estimate of drug-likeness (QED) is 0.822. The fourth-order valence-electron chi connectivity index (χ4n) is 3.14. The molecule has 4 nitrogen and oxygen atoms in total. The molecule has 0 bridgehead atoms. The van der Waals surface area contributed by atoms with Gasteiger partial charge in [0.05, 0.1) is 12.1 Å². The van der Waals surface area contributed by atoms with Crippen LogP contribution in [0.5, 0.6) is 0 Å². The van der Waals surface area contributed by atoms with Gasteiger partial charge in [-0.15, -0.1) is 12.4 Å². The third kappa shape index (κ3) is 3.40. The molecule has 0 heterocycles. The van der Waals surface area contributed by atoms with Gasteiger partial charge in [0.2, 0.25) is 5.91 Å². The molecule has 0 spiro atoms. The fraction of sp³-hybridized carbons (Fsp3) is 0.588. The van der Waals surface area contributed by atoms with E-state index in [1.807, 2.05) is 20.8 Å². The molecule has 1 saturated carbocycles. The lowest BCUT2D eigenvalue weighted by molar-refractivity contribution is -0.171. The van der Waals surface area contributed by atoms with E-state index in [9.17, 15) is 9.18 Å². The van der Waals surface area contributed by atoms with Crippen molar-refractivity contribution in [2.75, 3.05) is 6.61 Å². The molecule has 1 aliphatic carbocycles. The molecule has 1 aliphatic rings. The summed E-state index contributed by atoms with van der Waals surface area (Å²) < 4.78 is 19.6. The maximum atomic E-state index is 14.0. The molecule has 24 heavy (non-hydrogen) atoms. The van der Waals surface area contributed by atoms with Crippen LogP contribution in [0.15, 0.2) is 18.2 Å². The Labute approximate surface area is 153 Å². The molecule has 136 valence electrons. The van der Waals surface area contributed by atoms with Gasteiger partial charge in [-0.1, -0.05) is 31.5 Å². The molecule has 3 unspecified atom stereocenters. The van der Waals surface area contributed by atoms with Gasteiger partial charge in [0.15, 0.2) is 0 Å². The van der Waals surface area contributed by atoms with Crippen LogP contribution in [0.1, 0.15) is 45.7 Å². The molecular weight excluding hydrogens is 354 g/mol. The Hall–Kier alpha value is -0.880. The number of amides is 1. The zero-order valence-corrected chi connectivity index (χ0v) is 15.9.